The van der Waals surface area contributed by atoms with Crippen LogP contribution in [0.1, 0.15) is 19.8 Å². The summed E-state index contributed by atoms with van der Waals surface area (Å²) in [5.41, 5.74) is 6.82. The number of hydrogen-bond acceptors (Lipinski definition) is 9. The monoisotopic (exact) mass is 581 g/mol. The number of esters is 1. The summed E-state index contributed by atoms with van der Waals surface area (Å²) in [5.74, 6) is -0.635. The number of piperidine rings is 1. The van der Waals surface area contributed by atoms with Gasteiger partial charge in [0.25, 0.3) is 5.91 Å². The molecule has 1 aliphatic carbocycles. The first kappa shape index (κ1) is 39.4. The fourth-order valence-electron chi connectivity index (χ4n) is 3.56. The molecule has 226 valence electrons. The molecule has 0 aromatic heterocycles. The van der Waals surface area contributed by atoms with Gasteiger partial charge in [-0.1, -0.05) is 29.9 Å². The topological polar surface area (TPSA) is 126 Å². The van der Waals surface area contributed by atoms with E-state index in [9.17, 15) is 14.4 Å². The number of aldehydes is 1. The average molecular weight is 582 g/mol. The van der Waals surface area contributed by atoms with Crippen LogP contribution in [0, 0.1) is 12.8 Å². The molecule has 0 spiro atoms. The van der Waals surface area contributed by atoms with Crippen molar-refractivity contribution in [1.29, 1.82) is 0 Å². The second-order valence-corrected chi connectivity index (χ2v) is 9.18. The van der Waals surface area contributed by atoms with E-state index in [0.29, 0.717) is 24.0 Å². The predicted octanol–water partition coefficient (Wildman–Crippen LogP) is 1.48. The zero-order valence-electron chi connectivity index (χ0n) is 24.8. The molecular weight excluding hydrogens is 534 g/mol. The van der Waals surface area contributed by atoms with Crippen molar-refractivity contribution in [3.05, 3.63) is 47.1 Å². The number of likely N-dealkylation sites (tertiary alicyclic amines) is 1. The zero-order valence-corrected chi connectivity index (χ0v) is 25.6. The summed E-state index contributed by atoms with van der Waals surface area (Å²) in [5, 5.41) is 5.59. The van der Waals surface area contributed by atoms with Crippen LogP contribution >= 0.6 is 11.6 Å². The number of carbonyl (C=O) groups is 3. The Labute approximate surface area is 245 Å². The summed E-state index contributed by atoms with van der Waals surface area (Å²) >= 11 is 5.27. The molecule has 0 aromatic rings. The quantitative estimate of drug-likeness (QED) is 0.0514. The number of halogens is 1. The summed E-state index contributed by atoms with van der Waals surface area (Å²) < 4.78 is 10.1. The van der Waals surface area contributed by atoms with E-state index in [1.54, 1.807) is 6.08 Å². The van der Waals surface area contributed by atoms with E-state index in [1.165, 1.54) is 31.7 Å². The molecule has 4 N–H and O–H groups in total. The number of likely N-dealkylation sites (N-methyl/N-ethyl adjacent to an activating group) is 2. The Kier molecular flexibility index (Phi) is 24.8. The lowest BCUT2D eigenvalue weighted by Gasteiger charge is -2.38. The molecule has 0 radical (unpaired) electrons. The number of carbonyl (C=O) groups excluding carboxylic acids is 3. The van der Waals surface area contributed by atoms with Crippen molar-refractivity contribution in [3.63, 3.8) is 0 Å². The summed E-state index contributed by atoms with van der Waals surface area (Å²) in [7, 11) is 9.46. The molecule has 10 nitrogen and oxygen atoms in total. The van der Waals surface area contributed by atoms with Gasteiger partial charge >= 0.3 is 5.97 Å². The van der Waals surface area contributed by atoms with E-state index in [-0.39, 0.29) is 24.1 Å². The van der Waals surface area contributed by atoms with Gasteiger partial charge in [0, 0.05) is 38.7 Å². The summed E-state index contributed by atoms with van der Waals surface area (Å²) in [6.45, 7) is 6.51. The lowest BCUT2D eigenvalue weighted by atomic mass is 10.0. The maximum Gasteiger partial charge on any atom is 0.337 e. The SMILES string of the molecule is C#C.CNC1CCN(CCN(C)C)CC1OC.COC(=O)C1=CCC=C(C)C=C1.NCNC(=O)/C(C=O)=C\CCl. The minimum atomic E-state index is -0.497. The Morgan fingerprint density at radius 2 is 1.93 bits per heavy atom. The highest BCUT2D eigenvalue weighted by Crippen LogP contribution is 2.13. The Hall–Kier alpha value is -2.78. The number of allylic oxidation sites excluding steroid dienone is 5. The van der Waals surface area contributed by atoms with Gasteiger partial charge in [-0.2, -0.15) is 0 Å². The van der Waals surface area contributed by atoms with Crippen LogP contribution in [0.2, 0.25) is 0 Å². The van der Waals surface area contributed by atoms with Gasteiger partial charge in [-0.15, -0.1) is 24.4 Å². The number of methoxy groups -OCH3 is 2. The van der Waals surface area contributed by atoms with Crippen molar-refractivity contribution in [2.75, 3.05) is 74.1 Å². The van der Waals surface area contributed by atoms with E-state index in [0.717, 1.165) is 26.1 Å². The van der Waals surface area contributed by atoms with Crippen molar-refractivity contribution in [1.82, 2.24) is 20.4 Å². The number of nitrogens with one attached hydrogen (secondary N) is 2. The third-order valence-corrected chi connectivity index (χ3v) is 6.01. The molecule has 0 saturated carbocycles. The molecule has 1 saturated heterocycles. The third kappa shape index (κ3) is 17.7. The Balaban J connectivity index is 0. The van der Waals surface area contributed by atoms with Gasteiger partial charge in [0.15, 0.2) is 6.29 Å². The van der Waals surface area contributed by atoms with Gasteiger partial charge in [-0.3, -0.25) is 14.5 Å². The molecule has 0 bridgehead atoms. The van der Waals surface area contributed by atoms with Crippen molar-refractivity contribution in [3.8, 4) is 12.8 Å². The second kappa shape index (κ2) is 25.2. The van der Waals surface area contributed by atoms with E-state index in [4.69, 9.17) is 22.1 Å². The second-order valence-electron chi connectivity index (χ2n) is 8.87. The molecule has 1 heterocycles. The molecular formula is C29H48ClN5O5. The van der Waals surface area contributed by atoms with Crippen LogP contribution in [-0.2, 0) is 23.9 Å². The Morgan fingerprint density at radius 1 is 1.25 bits per heavy atom. The van der Waals surface area contributed by atoms with Gasteiger partial charge < -0.3 is 30.7 Å². The van der Waals surface area contributed by atoms with Crippen molar-refractivity contribution < 1.29 is 23.9 Å². The number of nitrogens with zero attached hydrogens (tertiary/aromatic N) is 2. The van der Waals surface area contributed by atoms with E-state index >= 15 is 0 Å². The van der Waals surface area contributed by atoms with Crippen LogP contribution in [-0.4, -0.2) is 114 Å². The number of hydrogen-bond donors (Lipinski definition) is 3. The Morgan fingerprint density at radius 3 is 2.42 bits per heavy atom. The number of rotatable bonds is 10. The van der Waals surface area contributed by atoms with Crippen LogP contribution in [0.3, 0.4) is 0 Å². The molecule has 2 unspecified atom stereocenters. The minimum Gasteiger partial charge on any atom is -0.465 e. The van der Waals surface area contributed by atoms with Gasteiger partial charge in [-0.05, 0) is 53.5 Å². The average Bonchev–Trinajstić information content (AvgIpc) is 3.20. The lowest BCUT2D eigenvalue weighted by molar-refractivity contribution is -0.135. The predicted molar refractivity (Wildman–Crippen MR) is 163 cm³/mol. The fraction of sp³-hybridized carbons (Fsp3) is 0.552. The van der Waals surface area contributed by atoms with Crippen LogP contribution in [0.25, 0.3) is 0 Å². The van der Waals surface area contributed by atoms with Crippen LogP contribution in [0.5, 0.6) is 0 Å². The van der Waals surface area contributed by atoms with Gasteiger partial charge in [0.2, 0.25) is 0 Å². The smallest absolute Gasteiger partial charge is 0.337 e. The molecule has 2 rings (SSSR count). The maximum atomic E-state index is 11.1. The first-order valence-electron chi connectivity index (χ1n) is 12.9. The molecule has 40 heavy (non-hydrogen) atoms. The largest absolute Gasteiger partial charge is 0.465 e. The van der Waals surface area contributed by atoms with Crippen LogP contribution in [0.15, 0.2) is 47.1 Å². The molecule has 11 heteroatoms. The van der Waals surface area contributed by atoms with Gasteiger partial charge in [-0.25, -0.2) is 4.79 Å². The summed E-state index contributed by atoms with van der Waals surface area (Å²) in [4.78, 5) is 36.8. The number of alkyl halides is 1. The van der Waals surface area contributed by atoms with E-state index in [1.807, 2.05) is 33.2 Å². The molecule has 0 aromatic carbocycles. The first-order valence-corrected chi connectivity index (χ1v) is 13.4. The first-order chi connectivity index (χ1) is 19.2. The molecule has 1 aliphatic heterocycles. The van der Waals surface area contributed by atoms with Crippen molar-refractivity contribution in [2.45, 2.75) is 31.9 Å². The van der Waals surface area contributed by atoms with Gasteiger partial charge in [0.1, 0.15) is 0 Å². The summed E-state index contributed by atoms with van der Waals surface area (Å²) in [6, 6.07) is 0.519. The van der Waals surface area contributed by atoms with Gasteiger partial charge in [0.05, 0.1) is 31.0 Å². The van der Waals surface area contributed by atoms with E-state index in [2.05, 4.69) is 58.2 Å². The van der Waals surface area contributed by atoms with Crippen molar-refractivity contribution in [2.24, 2.45) is 5.73 Å². The maximum absolute atomic E-state index is 11.1. The number of amides is 1. The van der Waals surface area contributed by atoms with E-state index < -0.39 is 5.91 Å². The third-order valence-electron chi connectivity index (χ3n) is 5.85. The molecule has 2 aliphatic rings. The standard InChI is InChI=1S/C11H25N3O.C10H12O2.C6H9ClN2O2.C2H2/c1-12-10-5-6-14(8-7-13(2)3)9-11(10)15-4;1-8-4-3-5-9(7-6-8)10(11)12-2;7-2-1-5(3-10)6(11)9-4-8;1-2/h10-12H,5-9H2,1-4H3;4-7H,3H2,1-2H3;1,3H,2,4,8H2,(H,9,11);1-2H/b;;5-1-;. The highest BCUT2D eigenvalue weighted by atomic mass is 35.5. The highest BCUT2D eigenvalue weighted by Gasteiger charge is 2.27. The van der Waals surface area contributed by atoms with Crippen LogP contribution in [0.4, 0.5) is 0 Å². The van der Waals surface area contributed by atoms with Crippen molar-refractivity contribution >= 4 is 29.8 Å². The number of nitrogens with two attached hydrogens (primary N) is 1. The molecule has 1 amide bonds. The number of ether oxygens (including phenoxy) is 2. The molecule has 1 fully saturated rings. The van der Waals surface area contributed by atoms with Crippen LogP contribution < -0.4 is 16.4 Å². The molecule has 2 atom stereocenters. The Bertz CT molecular complexity index is 883. The fourth-order valence-corrected chi connectivity index (χ4v) is 3.73. The summed E-state index contributed by atoms with van der Waals surface area (Å²) in [6.07, 6.45) is 19.7. The number of terminal acetylenes is 1. The normalized spacial score (nSPS) is 18.6. The zero-order chi connectivity index (χ0) is 30.9. The highest BCUT2D eigenvalue weighted by molar-refractivity contribution is 6.20. The minimum absolute atomic E-state index is 0.00505. The lowest BCUT2D eigenvalue weighted by Crippen LogP contribution is -2.53.